The van der Waals surface area contributed by atoms with Gasteiger partial charge in [0.1, 0.15) is 6.61 Å². The van der Waals surface area contributed by atoms with Gasteiger partial charge in [-0.25, -0.2) is 4.98 Å². The van der Waals surface area contributed by atoms with Crippen molar-refractivity contribution in [1.29, 1.82) is 0 Å². The van der Waals surface area contributed by atoms with E-state index in [4.69, 9.17) is 10.5 Å². The van der Waals surface area contributed by atoms with Gasteiger partial charge >= 0.3 is 0 Å². The molecule has 1 rings (SSSR count). The van der Waals surface area contributed by atoms with Crippen LogP contribution in [-0.2, 0) is 6.54 Å². The average molecular weight is 165 g/mol. The summed E-state index contributed by atoms with van der Waals surface area (Å²) in [5.74, 6) is 0.484. The van der Waals surface area contributed by atoms with Gasteiger partial charge in [-0.1, -0.05) is 12.7 Å². The fourth-order valence-corrected chi connectivity index (χ4v) is 0.699. The minimum Gasteiger partial charge on any atom is -0.472 e. The molecule has 1 aromatic rings. The van der Waals surface area contributed by atoms with Gasteiger partial charge in [0.25, 0.3) is 0 Å². The van der Waals surface area contributed by atoms with Crippen molar-refractivity contribution in [3.63, 3.8) is 0 Å². The van der Waals surface area contributed by atoms with Crippen molar-refractivity contribution in [2.45, 2.75) is 6.54 Å². The van der Waals surface area contributed by atoms with E-state index in [2.05, 4.69) is 16.5 Å². The summed E-state index contributed by atoms with van der Waals surface area (Å²) in [4.78, 5) is 7.98. The van der Waals surface area contributed by atoms with Crippen LogP contribution in [0.15, 0.2) is 25.0 Å². The van der Waals surface area contributed by atoms with Crippen LogP contribution in [0.25, 0.3) is 0 Å². The molecule has 0 spiro atoms. The zero-order chi connectivity index (χ0) is 8.81. The smallest absolute Gasteiger partial charge is 0.232 e. The fraction of sp³-hybridized carbons (Fsp3) is 0.250. The molecule has 0 saturated heterocycles. The Balaban J connectivity index is 2.65. The Hall–Kier alpha value is -1.42. The molecule has 0 saturated carbocycles. The maximum atomic E-state index is 5.37. The van der Waals surface area contributed by atoms with E-state index in [0.29, 0.717) is 19.0 Å². The highest BCUT2D eigenvalue weighted by Crippen LogP contribution is 2.03. The van der Waals surface area contributed by atoms with Crippen molar-refractivity contribution in [3.8, 4) is 5.88 Å². The van der Waals surface area contributed by atoms with Crippen LogP contribution in [0.3, 0.4) is 0 Å². The molecule has 0 fully saturated rings. The Morgan fingerprint density at radius 2 is 2.42 bits per heavy atom. The largest absolute Gasteiger partial charge is 0.472 e. The molecule has 0 bridgehead atoms. The molecular formula is C8H11N3O. The summed E-state index contributed by atoms with van der Waals surface area (Å²) in [6, 6.07) is 0. The number of hydrogen-bond acceptors (Lipinski definition) is 4. The van der Waals surface area contributed by atoms with Gasteiger partial charge in [0.2, 0.25) is 5.88 Å². The molecule has 12 heavy (non-hydrogen) atoms. The van der Waals surface area contributed by atoms with E-state index in [1.807, 2.05) is 0 Å². The predicted molar refractivity (Wildman–Crippen MR) is 45.6 cm³/mol. The van der Waals surface area contributed by atoms with Crippen LogP contribution in [0, 0.1) is 0 Å². The van der Waals surface area contributed by atoms with Crippen molar-refractivity contribution in [1.82, 2.24) is 9.97 Å². The van der Waals surface area contributed by atoms with Gasteiger partial charge in [0, 0.05) is 12.7 Å². The van der Waals surface area contributed by atoms with Crippen molar-refractivity contribution >= 4 is 0 Å². The quantitative estimate of drug-likeness (QED) is 0.660. The zero-order valence-corrected chi connectivity index (χ0v) is 6.73. The zero-order valence-electron chi connectivity index (χ0n) is 6.73. The number of rotatable bonds is 4. The van der Waals surface area contributed by atoms with Crippen molar-refractivity contribution in [3.05, 3.63) is 30.7 Å². The highest BCUT2D eigenvalue weighted by molar-refractivity contribution is 5.08. The monoisotopic (exact) mass is 165 g/mol. The first-order valence-corrected chi connectivity index (χ1v) is 3.61. The molecule has 4 nitrogen and oxygen atoms in total. The molecule has 4 heteroatoms. The first kappa shape index (κ1) is 8.67. The van der Waals surface area contributed by atoms with E-state index in [0.717, 1.165) is 5.69 Å². The Labute approximate surface area is 71.1 Å². The number of ether oxygens (including phenoxy) is 1. The summed E-state index contributed by atoms with van der Waals surface area (Å²) >= 11 is 0. The lowest BCUT2D eigenvalue weighted by Crippen LogP contribution is -2.03. The topological polar surface area (TPSA) is 61.0 Å². The van der Waals surface area contributed by atoms with E-state index < -0.39 is 0 Å². The Bertz CT molecular complexity index is 262. The Kier molecular flexibility index (Phi) is 3.22. The molecule has 2 N–H and O–H groups in total. The molecule has 0 radical (unpaired) electrons. The number of nitrogens with zero attached hydrogens (tertiary/aromatic N) is 2. The molecule has 0 amide bonds. The van der Waals surface area contributed by atoms with Crippen molar-refractivity contribution < 1.29 is 4.74 Å². The van der Waals surface area contributed by atoms with E-state index in [1.54, 1.807) is 18.5 Å². The molecule has 0 aliphatic carbocycles. The molecule has 0 unspecified atom stereocenters. The minimum absolute atomic E-state index is 0.373. The van der Waals surface area contributed by atoms with E-state index in [1.165, 1.54) is 0 Å². The van der Waals surface area contributed by atoms with Gasteiger partial charge in [0.15, 0.2) is 0 Å². The van der Waals surface area contributed by atoms with Gasteiger partial charge in [0.05, 0.1) is 11.9 Å². The lowest BCUT2D eigenvalue weighted by molar-refractivity contribution is 0.345. The van der Waals surface area contributed by atoms with Crippen LogP contribution in [0.5, 0.6) is 5.88 Å². The third-order valence-electron chi connectivity index (χ3n) is 1.22. The normalized spacial score (nSPS) is 9.42. The van der Waals surface area contributed by atoms with Crippen LogP contribution < -0.4 is 10.5 Å². The second kappa shape index (κ2) is 4.46. The lowest BCUT2D eigenvalue weighted by atomic mass is 10.4. The number of hydrogen-bond donors (Lipinski definition) is 1. The van der Waals surface area contributed by atoms with E-state index in [9.17, 15) is 0 Å². The summed E-state index contributed by atoms with van der Waals surface area (Å²) in [6.45, 7) is 4.33. The molecule has 0 atom stereocenters. The summed E-state index contributed by atoms with van der Waals surface area (Å²) in [5.41, 5.74) is 6.09. The van der Waals surface area contributed by atoms with E-state index >= 15 is 0 Å². The third-order valence-corrected chi connectivity index (χ3v) is 1.22. The molecule has 1 aromatic heterocycles. The van der Waals surface area contributed by atoms with Gasteiger partial charge in [-0.05, 0) is 0 Å². The molecular weight excluding hydrogens is 154 g/mol. The van der Waals surface area contributed by atoms with Crippen LogP contribution >= 0.6 is 0 Å². The van der Waals surface area contributed by atoms with Crippen molar-refractivity contribution in [2.75, 3.05) is 6.61 Å². The lowest BCUT2D eigenvalue weighted by Gasteiger charge is -2.01. The standard InChI is InChI=1S/C8H11N3O/c1-2-3-12-8-6-10-5-7(4-9)11-8/h2,5-6H,1,3-4,9H2. The maximum Gasteiger partial charge on any atom is 0.232 e. The van der Waals surface area contributed by atoms with Crippen LogP contribution in [0.2, 0.25) is 0 Å². The third kappa shape index (κ3) is 2.32. The van der Waals surface area contributed by atoms with Gasteiger partial charge in [-0.3, -0.25) is 4.98 Å². The SMILES string of the molecule is C=CCOc1cncc(CN)n1. The fourth-order valence-electron chi connectivity index (χ4n) is 0.699. The van der Waals surface area contributed by atoms with E-state index in [-0.39, 0.29) is 0 Å². The number of nitrogens with two attached hydrogens (primary N) is 1. The second-order valence-corrected chi connectivity index (χ2v) is 2.15. The van der Waals surface area contributed by atoms with Crippen LogP contribution in [0.1, 0.15) is 5.69 Å². The summed E-state index contributed by atoms with van der Waals surface area (Å²) in [6.07, 6.45) is 4.81. The molecule has 64 valence electrons. The predicted octanol–water partition coefficient (Wildman–Crippen LogP) is 0.500. The highest BCUT2D eigenvalue weighted by atomic mass is 16.5. The first-order chi connectivity index (χ1) is 5.86. The number of aromatic nitrogens is 2. The van der Waals surface area contributed by atoms with Gasteiger partial charge in [-0.2, -0.15) is 0 Å². The average Bonchev–Trinajstić information content (AvgIpc) is 2.15. The highest BCUT2D eigenvalue weighted by Gasteiger charge is 1.95. The first-order valence-electron chi connectivity index (χ1n) is 3.61. The Morgan fingerprint density at radius 3 is 3.08 bits per heavy atom. The van der Waals surface area contributed by atoms with Gasteiger partial charge in [-0.15, -0.1) is 0 Å². The molecule has 0 aliphatic heterocycles. The summed E-state index contributed by atoms with van der Waals surface area (Å²) < 4.78 is 5.15. The molecule has 1 heterocycles. The second-order valence-electron chi connectivity index (χ2n) is 2.15. The van der Waals surface area contributed by atoms with Crippen LogP contribution in [0.4, 0.5) is 0 Å². The molecule has 0 aliphatic rings. The molecule has 0 aromatic carbocycles. The Morgan fingerprint density at radius 1 is 1.58 bits per heavy atom. The maximum absolute atomic E-state index is 5.37. The van der Waals surface area contributed by atoms with Crippen LogP contribution in [-0.4, -0.2) is 16.6 Å². The van der Waals surface area contributed by atoms with Gasteiger partial charge < -0.3 is 10.5 Å². The minimum atomic E-state index is 0.373. The summed E-state index contributed by atoms with van der Waals surface area (Å²) in [5, 5.41) is 0. The van der Waals surface area contributed by atoms with Crippen molar-refractivity contribution in [2.24, 2.45) is 5.73 Å². The summed E-state index contributed by atoms with van der Waals surface area (Å²) in [7, 11) is 0.